The second-order valence-corrected chi connectivity index (χ2v) is 5.73. The number of rotatable bonds is 4. The summed E-state index contributed by atoms with van der Waals surface area (Å²) in [6, 6.07) is 7.80. The summed E-state index contributed by atoms with van der Waals surface area (Å²) in [5.74, 6) is 0. The minimum Gasteiger partial charge on any atom is -0.398 e. The van der Waals surface area contributed by atoms with E-state index in [1.807, 2.05) is 23.6 Å². The van der Waals surface area contributed by atoms with Crippen LogP contribution in [-0.4, -0.2) is 4.98 Å². The lowest BCUT2D eigenvalue weighted by Gasteiger charge is -2.25. The van der Waals surface area contributed by atoms with E-state index in [1.54, 1.807) is 17.5 Å². The molecule has 0 saturated heterocycles. The first-order chi connectivity index (χ1) is 9.03. The number of anilines is 2. The molecule has 0 bridgehead atoms. The molecule has 0 unspecified atom stereocenters. The molecule has 0 atom stereocenters. The van der Waals surface area contributed by atoms with E-state index in [9.17, 15) is 0 Å². The summed E-state index contributed by atoms with van der Waals surface area (Å²) in [5.41, 5.74) is 8.03. The zero-order chi connectivity index (χ0) is 13.9. The maximum Gasteiger partial charge on any atom is 0.117 e. The number of nitrogens with zero attached hydrogens (tertiary/aromatic N) is 2. The lowest BCUT2D eigenvalue weighted by Crippen LogP contribution is -2.27. The van der Waals surface area contributed by atoms with Crippen molar-refractivity contribution in [2.75, 3.05) is 11.1 Å². The van der Waals surface area contributed by atoms with Crippen LogP contribution in [0.15, 0.2) is 29.8 Å². The van der Waals surface area contributed by atoms with Gasteiger partial charge in [-0.3, -0.25) is 0 Å². The first kappa shape index (κ1) is 13.4. The molecule has 2 rings (SSSR count). The van der Waals surface area contributed by atoms with Crippen molar-refractivity contribution in [1.29, 1.82) is 5.26 Å². The van der Waals surface area contributed by atoms with Gasteiger partial charge in [0.05, 0.1) is 18.0 Å². The lowest BCUT2D eigenvalue weighted by atomic mass is 10.0. The highest BCUT2D eigenvalue weighted by Crippen LogP contribution is 2.28. The summed E-state index contributed by atoms with van der Waals surface area (Å²) in [7, 11) is 0. The molecule has 19 heavy (non-hydrogen) atoms. The zero-order valence-electron chi connectivity index (χ0n) is 11.0. The third-order valence-electron chi connectivity index (χ3n) is 2.84. The summed E-state index contributed by atoms with van der Waals surface area (Å²) in [4.78, 5) is 4.34. The van der Waals surface area contributed by atoms with E-state index in [-0.39, 0.29) is 5.54 Å². The van der Waals surface area contributed by atoms with Gasteiger partial charge in [0.15, 0.2) is 0 Å². The summed E-state index contributed by atoms with van der Waals surface area (Å²) in [5, 5.41) is 15.2. The molecule has 4 nitrogen and oxygen atoms in total. The highest BCUT2D eigenvalue weighted by atomic mass is 32.1. The Morgan fingerprint density at radius 3 is 2.89 bits per heavy atom. The van der Waals surface area contributed by atoms with Crippen molar-refractivity contribution in [1.82, 2.24) is 4.98 Å². The molecule has 1 heterocycles. The molecular formula is C14H16N4S. The smallest absolute Gasteiger partial charge is 0.117 e. The predicted octanol–water partition coefficient (Wildman–Crippen LogP) is 3.14. The van der Waals surface area contributed by atoms with E-state index < -0.39 is 0 Å². The molecule has 98 valence electrons. The molecule has 1 aromatic carbocycles. The van der Waals surface area contributed by atoms with Crippen LogP contribution in [0.2, 0.25) is 0 Å². The molecule has 0 amide bonds. The molecule has 2 aromatic rings. The van der Waals surface area contributed by atoms with Gasteiger partial charge in [0.2, 0.25) is 0 Å². The number of thiazole rings is 1. The van der Waals surface area contributed by atoms with Crippen molar-refractivity contribution in [3.63, 3.8) is 0 Å². The Balaban J connectivity index is 2.24. The third-order valence-corrected chi connectivity index (χ3v) is 3.93. The molecule has 0 spiro atoms. The van der Waals surface area contributed by atoms with Crippen LogP contribution in [0.3, 0.4) is 0 Å². The Morgan fingerprint density at radius 1 is 1.47 bits per heavy atom. The normalized spacial score (nSPS) is 11.0. The third kappa shape index (κ3) is 3.04. The van der Waals surface area contributed by atoms with E-state index in [1.165, 1.54) is 0 Å². The van der Waals surface area contributed by atoms with Crippen LogP contribution in [0.1, 0.15) is 24.4 Å². The molecule has 0 fully saturated rings. The van der Waals surface area contributed by atoms with Crippen LogP contribution in [0.4, 0.5) is 11.4 Å². The Morgan fingerprint density at radius 2 is 2.26 bits per heavy atom. The van der Waals surface area contributed by atoms with Gasteiger partial charge in [0.1, 0.15) is 5.01 Å². The second kappa shape index (κ2) is 5.29. The minimum atomic E-state index is -0.256. The van der Waals surface area contributed by atoms with Crippen molar-refractivity contribution in [2.24, 2.45) is 0 Å². The number of hydrogen-bond donors (Lipinski definition) is 2. The summed E-state index contributed by atoms with van der Waals surface area (Å²) in [6.45, 7) is 4.15. The quantitative estimate of drug-likeness (QED) is 0.838. The minimum absolute atomic E-state index is 0.256. The lowest BCUT2D eigenvalue weighted by molar-refractivity contribution is 0.604. The highest BCUT2D eigenvalue weighted by molar-refractivity contribution is 7.09. The summed E-state index contributed by atoms with van der Waals surface area (Å²) in [6.07, 6.45) is 2.12. The van der Waals surface area contributed by atoms with Gasteiger partial charge in [0.25, 0.3) is 0 Å². The molecule has 0 aliphatic heterocycles. The zero-order valence-corrected chi connectivity index (χ0v) is 11.8. The Bertz CT molecular complexity index is 596. The SMILES string of the molecule is CC(C)(Nc1ccc(N)c(CC#N)c1)c1nccs1. The molecule has 3 N–H and O–H groups in total. The van der Waals surface area contributed by atoms with Crippen LogP contribution in [-0.2, 0) is 12.0 Å². The van der Waals surface area contributed by atoms with E-state index in [0.29, 0.717) is 12.1 Å². The van der Waals surface area contributed by atoms with Crippen molar-refractivity contribution in [3.8, 4) is 6.07 Å². The van der Waals surface area contributed by atoms with E-state index in [0.717, 1.165) is 16.3 Å². The van der Waals surface area contributed by atoms with Gasteiger partial charge in [0, 0.05) is 23.0 Å². The Labute approximate surface area is 116 Å². The van der Waals surface area contributed by atoms with Crippen molar-refractivity contribution in [2.45, 2.75) is 25.8 Å². The molecule has 1 aromatic heterocycles. The average molecular weight is 272 g/mol. The number of nitrogens with one attached hydrogen (secondary N) is 1. The summed E-state index contributed by atoms with van der Waals surface area (Å²) >= 11 is 1.62. The van der Waals surface area contributed by atoms with E-state index >= 15 is 0 Å². The van der Waals surface area contributed by atoms with Gasteiger partial charge in [-0.1, -0.05) is 0 Å². The van der Waals surface area contributed by atoms with Crippen LogP contribution in [0.5, 0.6) is 0 Å². The summed E-state index contributed by atoms with van der Waals surface area (Å²) < 4.78 is 0. The fourth-order valence-corrected chi connectivity index (χ4v) is 2.59. The molecule has 0 saturated carbocycles. The van der Waals surface area contributed by atoms with Crippen LogP contribution < -0.4 is 11.1 Å². The number of nitriles is 1. The number of nitrogen functional groups attached to an aromatic ring is 1. The predicted molar refractivity (Wildman–Crippen MR) is 78.9 cm³/mol. The molecule has 5 heteroatoms. The van der Waals surface area contributed by atoms with Gasteiger partial charge >= 0.3 is 0 Å². The second-order valence-electron chi connectivity index (χ2n) is 4.84. The maximum atomic E-state index is 8.78. The van der Waals surface area contributed by atoms with Crippen molar-refractivity contribution >= 4 is 22.7 Å². The Hall–Kier alpha value is -2.06. The van der Waals surface area contributed by atoms with Crippen LogP contribution in [0.25, 0.3) is 0 Å². The van der Waals surface area contributed by atoms with Crippen LogP contribution >= 0.6 is 11.3 Å². The number of nitrogens with two attached hydrogens (primary N) is 1. The fraction of sp³-hybridized carbons (Fsp3) is 0.286. The Kier molecular flexibility index (Phi) is 3.72. The van der Waals surface area contributed by atoms with Crippen molar-refractivity contribution in [3.05, 3.63) is 40.3 Å². The monoisotopic (exact) mass is 272 g/mol. The first-order valence-electron chi connectivity index (χ1n) is 5.96. The van der Waals surface area contributed by atoms with E-state index in [2.05, 4.69) is 30.2 Å². The highest BCUT2D eigenvalue weighted by Gasteiger charge is 2.23. The number of benzene rings is 1. The largest absolute Gasteiger partial charge is 0.398 e. The average Bonchev–Trinajstić information content (AvgIpc) is 2.88. The standard InChI is InChI=1S/C14H16N4S/c1-14(2,13-17-7-8-19-13)18-11-3-4-12(16)10(9-11)5-6-15/h3-4,7-9,18H,5,16H2,1-2H3. The van der Waals surface area contributed by atoms with Gasteiger partial charge in [-0.05, 0) is 37.6 Å². The molecule has 0 aliphatic rings. The van der Waals surface area contributed by atoms with Gasteiger partial charge in [-0.2, -0.15) is 5.26 Å². The molecular weight excluding hydrogens is 256 g/mol. The molecule has 0 aliphatic carbocycles. The van der Waals surface area contributed by atoms with Gasteiger partial charge < -0.3 is 11.1 Å². The molecule has 0 radical (unpaired) electrons. The topological polar surface area (TPSA) is 74.7 Å². The van der Waals surface area contributed by atoms with Crippen molar-refractivity contribution < 1.29 is 0 Å². The number of hydrogen-bond acceptors (Lipinski definition) is 5. The first-order valence-corrected chi connectivity index (χ1v) is 6.84. The van der Waals surface area contributed by atoms with Gasteiger partial charge in [-0.25, -0.2) is 4.98 Å². The number of aromatic nitrogens is 1. The maximum absolute atomic E-state index is 8.78. The van der Waals surface area contributed by atoms with E-state index in [4.69, 9.17) is 11.0 Å². The van der Waals surface area contributed by atoms with Gasteiger partial charge in [-0.15, -0.1) is 11.3 Å². The van der Waals surface area contributed by atoms with Crippen LogP contribution in [0, 0.1) is 11.3 Å². The fourth-order valence-electron chi connectivity index (χ4n) is 1.87.